The van der Waals surface area contributed by atoms with Crippen LogP contribution in [0.3, 0.4) is 0 Å². The number of rotatable bonds is 4. The topological polar surface area (TPSA) is 105 Å². The fraction of sp³-hybridized carbons (Fsp3) is 0.333. The molecule has 0 spiro atoms. The van der Waals surface area contributed by atoms with Gasteiger partial charge in [-0.25, -0.2) is 17.6 Å². The summed E-state index contributed by atoms with van der Waals surface area (Å²) in [6.45, 7) is 5.45. The second-order valence-corrected chi connectivity index (χ2v) is 10.1. The summed E-state index contributed by atoms with van der Waals surface area (Å²) < 4.78 is 44.5. The minimum atomic E-state index is -3.39. The molecule has 2 amide bonds. The Morgan fingerprint density at radius 2 is 1.81 bits per heavy atom. The number of sulfonamides is 1. The molecule has 10 heteroatoms. The number of carbonyl (C=O) groups is 2. The van der Waals surface area contributed by atoms with Gasteiger partial charge in [-0.3, -0.25) is 14.4 Å². The Balaban J connectivity index is 1.81. The molecule has 2 aromatic rings. The van der Waals surface area contributed by atoms with E-state index in [1.165, 1.54) is 22.5 Å². The number of amides is 2. The van der Waals surface area contributed by atoms with Crippen LogP contribution < -0.4 is 14.9 Å². The van der Waals surface area contributed by atoms with E-state index in [1.807, 2.05) is 0 Å². The quantitative estimate of drug-likeness (QED) is 0.735. The number of hydrogen-bond acceptors (Lipinski definition) is 5. The zero-order chi connectivity index (χ0) is 22.8. The van der Waals surface area contributed by atoms with Gasteiger partial charge in [0.1, 0.15) is 11.4 Å². The smallest absolute Gasteiger partial charge is 0.412 e. The minimum absolute atomic E-state index is 0.0371. The fourth-order valence-corrected chi connectivity index (χ4v) is 4.63. The number of nitrogens with one attached hydrogen (secondary N) is 2. The van der Waals surface area contributed by atoms with Crippen LogP contribution in [-0.4, -0.2) is 38.3 Å². The van der Waals surface area contributed by atoms with Gasteiger partial charge in [-0.05, 0) is 63.6 Å². The van der Waals surface area contributed by atoms with Gasteiger partial charge in [0.2, 0.25) is 10.0 Å². The summed E-state index contributed by atoms with van der Waals surface area (Å²) >= 11 is 0. The number of ether oxygens (including phenoxy) is 1. The molecule has 2 N–H and O–H groups in total. The van der Waals surface area contributed by atoms with Gasteiger partial charge < -0.3 is 10.1 Å². The first-order valence-corrected chi connectivity index (χ1v) is 11.3. The Bertz CT molecular complexity index is 1110. The Morgan fingerprint density at radius 1 is 1.06 bits per heavy atom. The second-order valence-electron chi connectivity index (χ2n) is 8.06. The molecule has 1 saturated heterocycles. The third kappa shape index (κ3) is 5.72. The van der Waals surface area contributed by atoms with Crippen molar-refractivity contribution in [3.8, 4) is 0 Å². The molecule has 2 aromatic carbocycles. The van der Waals surface area contributed by atoms with Crippen LogP contribution >= 0.6 is 0 Å². The van der Waals surface area contributed by atoms with Gasteiger partial charge in [-0.15, -0.1) is 0 Å². The molecule has 0 aliphatic carbocycles. The maximum atomic E-state index is 13.8. The maximum absolute atomic E-state index is 13.8. The summed E-state index contributed by atoms with van der Waals surface area (Å²) in [5.41, 5.74) is 0.0325. The first-order chi connectivity index (χ1) is 14.4. The minimum Gasteiger partial charge on any atom is -0.444 e. The largest absolute Gasteiger partial charge is 0.444 e. The van der Waals surface area contributed by atoms with Gasteiger partial charge in [-0.1, -0.05) is 6.07 Å². The normalized spacial score (nSPS) is 15.4. The summed E-state index contributed by atoms with van der Waals surface area (Å²) in [7, 11) is -3.39. The van der Waals surface area contributed by atoms with Gasteiger partial charge in [-0.2, -0.15) is 0 Å². The van der Waals surface area contributed by atoms with Gasteiger partial charge in [0, 0.05) is 12.1 Å². The number of anilines is 3. The lowest BCUT2D eigenvalue weighted by molar-refractivity contribution is 0.0635. The van der Waals surface area contributed by atoms with Crippen LogP contribution in [0.25, 0.3) is 0 Å². The molecule has 0 unspecified atom stereocenters. The van der Waals surface area contributed by atoms with Crippen LogP contribution in [0.2, 0.25) is 0 Å². The van der Waals surface area contributed by atoms with Gasteiger partial charge in [0.05, 0.1) is 22.8 Å². The van der Waals surface area contributed by atoms with E-state index in [-0.39, 0.29) is 22.7 Å². The van der Waals surface area contributed by atoms with Crippen molar-refractivity contribution in [1.29, 1.82) is 0 Å². The first-order valence-electron chi connectivity index (χ1n) is 9.66. The fourth-order valence-electron chi connectivity index (χ4n) is 3.07. The summed E-state index contributed by atoms with van der Waals surface area (Å²) in [5, 5.41) is 5.05. The molecule has 0 radical (unpaired) electrons. The molecule has 1 aliphatic rings. The predicted molar refractivity (Wildman–Crippen MR) is 116 cm³/mol. The highest BCUT2D eigenvalue weighted by molar-refractivity contribution is 7.93. The first kappa shape index (κ1) is 22.5. The van der Waals surface area contributed by atoms with E-state index in [0.29, 0.717) is 18.7 Å². The lowest BCUT2D eigenvalue weighted by Gasteiger charge is -2.20. The molecule has 0 bridgehead atoms. The van der Waals surface area contributed by atoms with E-state index < -0.39 is 33.4 Å². The summed E-state index contributed by atoms with van der Waals surface area (Å²) in [4.78, 5) is 24.8. The summed E-state index contributed by atoms with van der Waals surface area (Å²) in [5.74, 6) is -1.13. The lowest BCUT2D eigenvalue weighted by atomic mass is 10.1. The molecule has 1 heterocycles. The predicted octanol–water partition coefficient (Wildman–Crippen LogP) is 3.96. The van der Waals surface area contributed by atoms with E-state index in [9.17, 15) is 22.4 Å². The molecule has 1 fully saturated rings. The molecule has 3 rings (SSSR count). The van der Waals surface area contributed by atoms with Crippen molar-refractivity contribution in [2.24, 2.45) is 0 Å². The Kier molecular flexibility index (Phi) is 6.21. The molecule has 0 atom stereocenters. The third-order valence-corrected chi connectivity index (χ3v) is 6.23. The van der Waals surface area contributed by atoms with E-state index in [4.69, 9.17) is 4.74 Å². The van der Waals surface area contributed by atoms with E-state index in [1.54, 1.807) is 32.9 Å². The van der Waals surface area contributed by atoms with Crippen molar-refractivity contribution < 1.29 is 27.1 Å². The zero-order valence-electron chi connectivity index (χ0n) is 17.4. The number of benzene rings is 2. The molecule has 1 aliphatic heterocycles. The molecule has 0 aromatic heterocycles. The molecular formula is C21H24FN3O5S. The van der Waals surface area contributed by atoms with Gasteiger partial charge in [0.25, 0.3) is 5.91 Å². The second kappa shape index (κ2) is 8.54. The van der Waals surface area contributed by atoms with Crippen molar-refractivity contribution in [3.63, 3.8) is 0 Å². The number of halogens is 1. The molecule has 31 heavy (non-hydrogen) atoms. The Morgan fingerprint density at radius 3 is 2.45 bits per heavy atom. The number of hydrogen-bond donors (Lipinski definition) is 2. The van der Waals surface area contributed by atoms with Crippen molar-refractivity contribution in [2.75, 3.05) is 27.2 Å². The average molecular weight is 450 g/mol. The highest BCUT2D eigenvalue weighted by Crippen LogP contribution is 2.27. The van der Waals surface area contributed by atoms with Crippen molar-refractivity contribution in [3.05, 3.63) is 53.8 Å². The van der Waals surface area contributed by atoms with Gasteiger partial charge >= 0.3 is 6.09 Å². The molecular weight excluding hydrogens is 425 g/mol. The van der Waals surface area contributed by atoms with Gasteiger partial charge in [0.15, 0.2) is 0 Å². The maximum Gasteiger partial charge on any atom is 0.412 e. The Labute approximate surface area is 180 Å². The highest BCUT2D eigenvalue weighted by atomic mass is 32.2. The van der Waals surface area contributed by atoms with Crippen LogP contribution in [-0.2, 0) is 14.8 Å². The third-order valence-electron chi connectivity index (χ3n) is 4.36. The number of nitrogens with zero attached hydrogens (tertiary/aromatic N) is 1. The molecule has 166 valence electrons. The van der Waals surface area contributed by atoms with Crippen LogP contribution in [0.4, 0.5) is 26.2 Å². The highest BCUT2D eigenvalue weighted by Gasteiger charge is 2.28. The van der Waals surface area contributed by atoms with Crippen molar-refractivity contribution >= 4 is 39.1 Å². The standard InChI is InChI=1S/C21H24FN3O5S/c1-21(2,3)30-20(27)24-17-9-8-15(22)13-18(17)23-19(26)14-6-4-7-16(12-14)25-10-5-11-31(25,28)29/h4,6-9,12-13H,5,10-11H2,1-3H3,(H,23,26)(H,24,27). The molecule has 0 saturated carbocycles. The zero-order valence-corrected chi connectivity index (χ0v) is 18.3. The van der Waals surface area contributed by atoms with Crippen molar-refractivity contribution in [1.82, 2.24) is 0 Å². The van der Waals surface area contributed by atoms with Crippen molar-refractivity contribution in [2.45, 2.75) is 32.8 Å². The summed E-state index contributed by atoms with van der Waals surface area (Å²) in [6.07, 6.45) is -0.238. The van der Waals surface area contributed by atoms with Crippen LogP contribution in [0, 0.1) is 5.82 Å². The van der Waals surface area contributed by atoms with E-state index >= 15 is 0 Å². The van der Waals surface area contributed by atoms with E-state index in [2.05, 4.69) is 10.6 Å². The van der Waals surface area contributed by atoms with E-state index in [0.717, 1.165) is 12.1 Å². The van der Waals surface area contributed by atoms with Crippen LogP contribution in [0.5, 0.6) is 0 Å². The lowest BCUT2D eigenvalue weighted by Crippen LogP contribution is -2.27. The van der Waals surface area contributed by atoms with Crippen LogP contribution in [0.1, 0.15) is 37.6 Å². The molecule has 8 nitrogen and oxygen atoms in total. The SMILES string of the molecule is CC(C)(C)OC(=O)Nc1ccc(F)cc1NC(=O)c1cccc(N2CCCS2(=O)=O)c1. The Hall–Kier alpha value is -3.14. The average Bonchev–Trinajstić information content (AvgIpc) is 3.01. The monoisotopic (exact) mass is 449 g/mol. The number of carbonyl (C=O) groups excluding carboxylic acids is 2. The van der Waals surface area contributed by atoms with Crippen LogP contribution in [0.15, 0.2) is 42.5 Å². The summed E-state index contributed by atoms with van der Waals surface area (Å²) in [6, 6.07) is 9.67.